The van der Waals surface area contributed by atoms with Crippen molar-refractivity contribution in [1.82, 2.24) is 0 Å². The van der Waals surface area contributed by atoms with E-state index in [2.05, 4.69) is 18.2 Å². The molecule has 1 nitrogen and oxygen atoms in total. The van der Waals surface area contributed by atoms with Crippen LogP contribution < -0.4 is 0 Å². The van der Waals surface area contributed by atoms with E-state index in [1.807, 2.05) is 0 Å². The SMILES string of the molecule is CC(=O)SC1=CCC=CC1. The second kappa shape index (κ2) is 3.62. The van der Waals surface area contributed by atoms with Gasteiger partial charge in [-0.3, -0.25) is 4.79 Å². The molecule has 1 aliphatic rings. The van der Waals surface area contributed by atoms with E-state index in [0.717, 1.165) is 12.8 Å². The van der Waals surface area contributed by atoms with Gasteiger partial charge in [0.15, 0.2) is 5.12 Å². The fourth-order valence-corrected chi connectivity index (χ4v) is 1.57. The average molecular weight is 154 g/mol. The van der Waals surface area contributed by atoms with Crippen molar-refractivity contribution in [1.29, 1.82) is 0 Å². The molecule has 0 radical (unpaired) electrons. The summed E-state index contributed by atoms with van der Waals surface area (Å²) >= 11 is 1.35. The van der Waals surface area contributed by atoms with Crippen LogP contribution in [-0.2, 0) is 4.79 Å². The van der Waals surface area contributed by atoms with Crippen molar-refractivity contribution in [3.8, 4) is 0 Å². The molecule has 0 spiro atoms. The average Bonchev–Trinajstić information content (AvgIpc) is 1.88. The maximum atomic E-state index is 10.6. The van der Waals surface area contributed by atoms with Gasteiger partial charge in [0.2, 0.25) is 0 Å². The van der Waals surface area contributed by atoms with E-state index in [1.54, 1.807) is 6.92 Å². The second-order valence-electron chi connectivity index (χ2n) is 2.18. The van der Waals surface area contributed by atoms with Gasteiger partial charge in [-0.1, -0.05) is 30.0 Å². The van der Waals surface area contributed by atoms with Gasteiger partial charge < -0.3 is 0 Å². The molecule has 0 amide bonds. The summed E-state index contributed by atoms with van der Waals surface area (Å²) in [6, 6.07) is 0. The number of hydrogen-bond donors (Lipinski definition) is 0. The Morgan fingerprint density at radius 1 is 1.60 bits per heavy atom. The molecule has 0 aliphatic heterocycles. The van der Waals surface area contributed by atoms with Gasteiger partial charge in [0.1, 0.15) is 0 Å². The summed E-state index contributed by atoms with van der Waals surface area (Å²) in [4.78, 5) is 11.8. The van der Waals surface area contributed by atoms with Crippen molar-refractivity contribution < 1.29 is 4.79 Å². The molecule has 0 atom stereocenters. The van der Waals surface area contributed by atoms with Gasteiger partial charge in [-0.05, 0) is 17.7 Å². The molecular weight excluding hydrogens is 144 g/mol. The number of allylic oxidation sites excluding steroid dienone is 4. The minimum atomic E-state index is 0.182. The van der Waals surface area contributed by atoms with Crippen LogP contribution in [0.2, 0.25) is 0 Å². The van der Waals surface area contributed by atoms with Crippen molar-refractivity contribution in [2.24, 2.45) is 0 Å². The number of rotatable bonds is 1. The standard InChI is InChI=1S/C8H10OS/c1-7(9)10-8-5-3-2-4-6-8/h2-3,6H,4-5H2,1H3. The summed E-state index contributed by atoms with van der Waals surface area (Å²) in [6.07, 6.45) is 8.24. The maximum absolute atomic E-state index is 10.6. The minimum absolute atomic E-state index is 0.182. The van der Waals surface area contributed by atoms with Gasteiger partial charge in [0.05, 0.1) is 0 Å². The Hall–Kier alpha value is -0.500. The molecule has 0 heterocycles. The van der Waals surface area contributed by atoms with Crippen molar-refractivity contribution in [3.63, 3.8) is 0 Å². The molecule has 0 unspecified atom stereocenters. The van der Waals surface area contributed by atoms with Gasteiger partial charge in [0, 0.05) is 6.92 Å². The van der Waals surface area contributed by atoms with Gasteiger partial charge in [-0.25, -0.2) is 0 Å². The Morgan fingerprint density at radius 3 is 2.90 bits per heavy atom. The van der Waals surface area contributed by atoms with E-state index >= 15 is 0 Å². The molecular formula is C8H10OS. The summed E-state index contributed by atoms with van der Waals surface area (Å²) in [5, 5.41) is 0.182. The number of carbonyl (C=O) groups excluding carboxylic acids is 1. The zero-order chi connectivity index (χ0) is 7.40. The number of hydrogen-bond acceptors (Lipinski definition) is 2. The lowest BCUT2D eigenvalue weighted by molar-refractivity contribution is -0.109. The van der Waals surface area contributed by atoms with Crippen molar-refractivity contribution in [2.45, 2.75) is 19.8 Å². The predicted molar refractivity (Wildman–Crippen MR) is 44.7 cm³/mol. The summed E-state index contributed by atoms with van der Waals surface area (Å²) in [5.41, 5.74) is 0. The lowest BCUT2D eigenvalue weighted by Crippen LogP contribution is -1.86. The Balaban J connectivity index is 2.41. The van der Waals surface area contributed by atoms with Crippen LogP contribution in [0.15, 0.2) is 23.1 Å². The Bertz CT molecular complexity index is 191. The highest BCUT2D eigenvalue weighted by molar-refractivity contribution is 8.16. The van der Waals surface area contributed by atoms with E-state index in [9.17, 15) is 4.79 Å². The first-order valence-corrected chi connectivity index (χ1v) is 4.13. The van der Waals surface area contributed by atoms with E-state index < -0.39 is 0 Å². The molecule has 0 saturated heterocycles. The minimum Gasteiger partial charge on any atom is -0.287 e. The highest BCUT2D eigenvalue weighted by atomic mass is 32.2. The fraction of sp³-hybridized carbons (Fsp3) is 0.375. The first kappa shape index (κ1) is 7.61. The smallest absolute Gasteiger partial charge is 0.190 e. The topological polar surface area (TPSA) is 17.1 Å². The third kappa shape index (κ3) is 2.40. The van der Waals surface area contributed by atoms with Gasteiger partial charge in [0.25, 0.3) is 0 Å². The third-order valence-corrected chi connectivity index (χ3v) is 2.13. The predicted octanol–water partition coefficient (Wildman–Crippen LogP) is 2.50. The monoisotopic (exact) mass is 154 g/mol. The van der Waals surface area contributed by atoms with Crippen LogP contribution in [0.1, 0.15) is 19.8 Å². The molecule has 0 bridgehead atoms. The Morgan fingerprint density at radius 2 is 2.40 bits per heavy atom. The lowest BCUT2D eigenvalue weighted by atomic mass is 10.2. The molecule has 2 heteroatoms. The Kier molecular flexibility index (Phi) is 2.75. The van der Waals surface area contributed by atoms with Crippen LogP contribution in [0.5, 0.6) is 0 Å². The van der Waals surface area contributed by atoms with Crippen LogP contribution in [0.3, 0.4) is 0 Å². The summed E-state index contributed by atoms with van der Waals surface area (Å²) in [5.74, 6) is 0. The van der Waals surface area contributed by atoms with Crippen LogP contribution in [0.25, 0.3) is 0 Å². The molecule has 0 aromatic carbocycles. The van der Waals surface area contributed by atoms with E-state index in [4.69, 9.17) is 0 Å². The van der Waals surface area contributed by atoms with Gasteiger partial charge in [-0.15, -0.1) is 0 Å². The number of thioether (sulfide) groups is 1. The van der Waals surface area contributed by atoms with Gasteiger partial charge in [-0.2, -0.15) is 0 Å². The van der Waals surface area contributed by atoms with E-state index in [0.29, 0.717) is 0 Å². The first-order chi connectivity index (χ1) is 4.79. The molecule has 0 N–H and O–H groups in total. The first-order valence-electron chi connectivity index (χ1n) is 3.31. The molecule has 0 saturated carbocycles. The largest absolute Gasteiger partial charge is 0.287 e. The van der Waals surface area contributed by atoms with E-state index in [-0.39, 0.29) is 5.12 Å². The summed E-state index contributed by atoms with van der Waals surface area (Å²) < 4.78 is 0. The van der Waals surface area contributed by atoms with Crippen molar-refractivity contribution in [2.75, 3.05) is 0 Å². The molecule has 1 rings (SSSR count). The zero-order valence-electron chi connectivity index (χ0n) is 5.96. The fourth-order valence-electron chi connectivity index (χ4n) is 0.846. The van der Waals surface area contributed by atoms with Crippen molar-refractivity contribution >= 4 is 16.9 Å². The molecule has 0 aromatic rings. The highest BCUT2D eigenvalue weighted by Crippen LogP contribution is 2.23. The molecule has 0 fully saturated rings. The number of carbonyl (C=O) groups is 1. The van der Waals surface area contributed by atoms with Crippen LogP contribution in [0.4, 0.5) is 0 Å². The maximum Gasteiger partial charge on any atom is 0.190 e. The normalized spacial score (nSPS) is 16.7. The summed E-state index contributed by atoms with van der Waals surface area (Å²) in [6.45, 7) is 1.60. The molecule has 0 aromatic heterocycles. The Labute approximate surface area is 65.2 Å². The van der Waals surface area contributed by atoms with Gasteiger partial charge >= 0.3 is 0 Å². The lowest BCUT2D eigenvalue weighted by Gasteiger charge is -2.03. The van der Waals surface area contributed by atoms with Crippen molar-refractivity contribution in [3.05, 3.63) is 23.1 Å². The second-order valence-corrected chi connectivity index (χ2v) is 3.48. The molecule has 10 heavy (non-hydrogen) atoms. The third-order valence-electron chi connectivity index (χ3n) is 1.24. The van der Waals surface area contributed by atoms with E-state index in [1.165, 1.54) is 16.7 Å². The zero-order valence-corrected chi connectivity index (χ0v) is 6.78. The van der Waals surface area contributed by atoms with Crippen LogP contribution >= 0.6 is 11.8 Å². The van der Waals surface area contributed by atoms with Crippen LogP contribution in [0, 0.1) is 0 Å². The highest BCUT2D eigenvalue weighted by Gasteiger charge is 2.01. The van der Waals surface area contributed by atoms with Crippen LogP contribution in [-0.4, -0.2) is 5.12 Å². The molecule has 54 valence electrons. The quantitative estimate of drug-likeness (QED) is 0.540. The molecule has 1 aliphatic carbocycles. The summed E-state index contributed by atoms with van der Waals surface area (Å²) in [7, 11) is 0.